The molecule has 3 rings (SSSR count). The maximum Gasteiger partial charge on any atom is 0.119 e. The Kier molecular flexibility index (Phi) is 2.92. The van der Waals surface area contributed by atoms with E-state index in [1.54, 1.807) is 18.2 Å². The van der Waals surface area contributed by atoms with E-state index in [1.807, 2.05) is 0 Å². The van der Waals surface area contributed by atoms with Crippen LogP contribution in [0, 0.1) is 11.3 Å². The second kappa shape index (κ2) is 4.26. The zero-order chi connectivity index (χ0) is 13.7. The predicted octanol–water partition coefficient (Wildman–Crippen LogP) is 4.73. The van der Waals surface area contributed by atoms with Crippen LogP contribution >= 0.6 is 0 Å². The molecule has 2 aliphatic rings. The van der Waals surface area contributed by atoms with E-state index in [-0.39, 0.29) is 0 Å². The third kappa shape index (κ3) is 1.89. The zero-order valence-electron chi connectivity index (χ0n) is 12.8. The van der Waals surface area contributed by atoms with Crippen molar-refractivity contribution >= 4 is 0 Å². The summed E-state index contributed by atoms with van der Waals surface area (Å²) >= 11 is 0. The van der Waals surface area contributed by atoms with Crippen LogP contribution in [-0.4, -0.2) is 7.11 Å². The van der Waals surface area contributed by atoms with Gasteiger partial charge in [0.15, 0.2) is 0 Å². The molecule has 0 N–H and O–H groups in total. The fourth-order valence-electron chi connectivity index (χ4n) is 4.89. The van der Waals surface area contributed by atoms with Crippen LogP contribution in [0.25, 0.3) is 0 Å². The summed E-state index contributed by atoms with van der Waals surface area (Å²) in [7, 11) is 1.77. The highest BCUT2D eigenvalue weighted by molar-refractivity contribution is 5.43. The monoisotopic (exact) mass is 258 g/mol. The summed E-state index contributed by atoms with van der Waals surface area (Å²) in [5, 5.41) is 0. The number of hydrogen-bond acceptors (Lipinski definition) is 1. The molecule has 19 heavy (non-hydrogen) atoms. The van der Waals surface area contributed by atoms with Gasteiger partial charge in [-0.05, 0) is 65.7 Å². The van der Waals surface area contributed by atoms with Crippen molar-refractivity contribution in [2.24, 2.45) is 11.3 Å². The number of ether oxygens (including phenoxy) is 1. The van der Waals surface area contributed by atoms with E-state index in [2.05, 4.69) is 39.0 Å². The van der Waals surface area contributed by atoms with Gasteiger partial charge < -0.3 is 4.74 Å². The van der Waals surface area contributed by atoms with Gasteiger partial charge >= 0.3 is 0 Å². The highest BCUT2D eigenvalue weighted by Crippen LogP contribution is 2.57. The normalized spacial score (nSPS) is 32.3. The Labute approximate surface area is 117 Å². The Bertz CT molecular complexity index is 488. The lowest BCUT2D eigenvalue weighted by Crippen LogP contribution is -2.47. The number of rotatable bonds is 1. The second-order valence-corrected chi connectivity index (χ2v) is 7.37. The summed E-state index contributed by atoms with van der Waals surface area (Å²) in [6.07, 6.45) is 6.66. The molecule has 0 aromatic heterocycles. The predicted molar refractivity (Wildman–Crippen MR) is 79.8 cm³/mol. The number of hydrogen-bond donors (Lipinski definition) is 0. The molecule has 1 heteroatoms. The average molecular weight is 258 g/mol. The van der Waals surface area contributed by atoms with Crippen LogP contribution in [-0.2, 0) is 11.8 Å². The topological polar surface area (TPSA) is 9.23 Å². The minimum absolute atomic E-state index is 0.351. The van der Waals surface area contributed by atoms with Crippen LogP contribution in [0.1, 0.15) is 57.6 Å². The minimum Gasteiger partial charge on any atom is -0.497 e. The van der Waals surface area contributed by atoms with Crippen molar-refractivity contribution in [2.45, 2.75) is 58.3 Å². The molecule has 0 radical (unpaired) electrons. The Morgan fingerprint density at radius 3 is 2.68 bits per heavy atom. The molecule has 1 aromatic rings. The number of methoxy groups -OCH3 is 1. The first-order chi connectivity index (χ1) is 8.97. The molecule has 1 fully saturated rings. The lowest BCUT2D eigenvalue weighted by molar-refractivity contribution is 0.0406. The van der Waals surface area contributed by atoms with Gasteiger partial charge in [0.2, 0.25) is 0 Å². The zero-order valence-corrected chi connectivity index (χ0v) is 12.8. The molecule has 0 aliphatic heterocycles. The van der Waals surface area contributed by atoms with E-state index >= 15 is 0 Å². The Hall–Kier alpha value is -0.980. The maximum absolute atomic E-state index is 5.46. The summed E-state index contributed by atoms with van der Waals surface area (Å²) < 4.78 is 5.46. The molecule has 1 saturated carbocycles. The van der Waals surface area contributed by atoms with Crippen molar-refractivity contribution in [1.82, 2.24) is 0 Å². The van der Waals surface area contributed by atoms with Crippen molar-refractivity contribution in [3.8, 4) is 5.75 Å². The van der Waals surface area contributed by atoms with Gasteiger partial charge in [0.25, 0.3) is 0 Å². The van der Waals surface area contributed by atoms with E-state index in [9.17, 15) is 0 Å². The highest BCUT2D eigenvalue weighted by atomic mass is 16.5. The molecule has 0 heterocycles. The summed E-state index contributed by atoms with van der Waals surface area (Å²) in [6, 6.07) is 6.72. The van der Waals surface area contributed by atoms with Gasteiger partial charge in [0.1, 0.15) is 5.75 Å². The molecule has 104 valence electrons. The summed E-state index contributed by atoms with van der Waals surface area (Å²) in [4.78, 5) is 0. The lowest BCUT2D eigenvalue weighted by atomic mass is 9.50. The van der Waals surface area contributed by atoms with Crippen LogP contribution in [0.5, 0.6) is 5.75 Å². The van der Waals surface area contributed by atoms with Crippen LogP contribution in [0.3, 0.4) is 0 Å². The van der Waals surface area contributed by atoms with E-state index in [1.165, 1.54) is 32.1 Å². The standard InChI is InChI=1S/C18H26O/c1-17(2)10-5-11-18(3)15-12-14(19-4)8-6-13(15)7-9-16(17)18/h6,8,12,16H,5,7,9-11H2,1-4H3/t16?,18-/m1/s1. The first kappa shape index (κ1) is 13.0. The fourth-order valence-corrected chi connectivity index (χ4v) is 4.89. The maximum atomic E-state index is 5.46. The Morgan fingerprint density at radius 2 is 1.95 bits per heavy atom. The van der Waals surface area contributed by atoms with Crippen molar-refractivity contribution in [3.05, 3.63) is 29.3 Å². The molecular weight excluding hydrogens is 232 g/mol. The number of fused-ring (bicyclic) bond motifs is 3. The molecule has 1 nitrogen and oxygen atoms in total. The van der Waals surface area contributed by atoms with Crippen LogP contribution in [0.15, 0.2) is 18.2 Å². The van der Waals surface area contributed by atoms with Crippen molar-refractivity contribution < 1.29 is 4.74 Å². The van der Waals surface area contributed by atoms with Gasteiger partial charge in [-0.2, -0.15) is 0 Å². The molecular formula is C18H26O. The summed E-state index contributed by atoms with van der Waals surface area (Å²) in [5.41, 5.74) is 3.95. The fraction of sp³-hybridized carbons (Fsp3) is 0.667. The average Bonchev–Trinajstić information content (AvgIpc) is 2.37. The quantitative estimate of drug-likeness (QED) is 0.708. The molecule has 1 unspecified atom stereocenters. The first-order valence-electron chi connectivity index (χ1n) is 7.65. The van der Waals surface area contributed by atoms with Crippen LogP contribution < -0.4 is 4.74 Å². The highest BCUT2D eigenvalue weighted by Gasteiger charge is 2.49. The SMILES string of the molecule is COc1ccc2c(c1)[C@@]1(C)CCCC(C)(C)C1CC2. The van der Waals surface area contributed by atoms with Crippen LogP contribution in [0.4, 0.5) is 0 Å². The second-order valence-electron chi connectivity index (χ2n) is 7.37. The minimum atomic E-state index is 0.351. The Morgan fingerprint density at radius 1 is 1.16 bits per heavy atom. The molecule has 2 atom stereocenters. The van der Waals surface area contributed by atoms with Crippen molar-refractivity contribution in [2.75, 3.05) is 7.11 Å². The van der Waals surface area contributed by atoms with E-state index in [4.69, 9.17) is 4.74 Å². The van der Waals surface area contributed by atoms with Crippen molar-refractivity contribution in [3.63, 3.8) is 0 Å². The molecule has 0 spiro atoms. The third-order valence-electron chi connectivity index (χ3n) is 5.86. The molecule has 1 aromatic carbocycles. The number of aryl methyl sites for hydroxylation is 1. The van der Waals surface area contributed by atoms with Gasteiger partial charge in [0.05, 0.1) is 7.11 Å². The van der Waals surface area contributed by atoms with Gasteiger partial charge in [-0.1, -0.05) is 33.3 Å². The number of benzene rings is 1. The van der Waals surface area contributed by atoms with Crippen molar-refractivity contribution in [1.29, 1.82) is 0 Å². The van der Waals surface area contributed by atoms with Crippen LogP contribution in [0.2, 0.25) is 0 Å². The van der Waals surface area contributed by atoms with Gasteiger partial charge in [0, 0.05) is 0 Å². The third-order valence-corrected chi connectivity index (χ3v) is 5.86. The summed E-state index contributed by atoms with van der Waals surface area (Å²) in [5.74, 6) is 1.83. The molecule has 2 aliphatic carbocycles. The molecule has 0 saturated heterocycles. The lowest BCUT2D eigenvalue weighted by Gasteiger charge is -2.54. The molecule has 0 amide bonds. The smallest absolute Gasteiger partial charge is 0.119 e. The van der Waals surface area contributed by atoms with E-state index < -0.39 is 0 Å². The molecule has 0 bridgehead atoms. The van der Waals surface area contributed by atoms with Gasteiger partial charge in [-0.25, -0.2) is 0 Å². The van der Waals surface area contributed by atoms with E-state index in [0.29, 0.717) is 10.8 Å². The summed E-state index contributed by atoms with van der Waals surface area (Å²) in [6.45, 7) is 7.44. The Balaban J connectivity index is 2.11. The largest absolute Gasteiger partial charge is 0.497 e. The van der Waals surface area contributed by atoms with E-state index in [0.717, 1.165) is 11.7 Å². The van der Waals surface area contributed by atoms with Gasteiger partial charge in [-0.15, -0.1) is 0 Å². The van der Waals surface area contributed by atoms with Gasteiger partial charge in [-0.3, -0.25) is 0 Å². The first-order valence-corrected chi connectivity index (χ1v) is 7.65.